The Morgan fingerprint density at radius 2 is 1.69 bits per heavy atom. The first-order valence-corrected chi connectivity index (χ1v) is 11.6. The van der Waals surface area contributed by atoms with Gasteiger partial charge in [0.15, 0.2) is 5.96 Å². The van der Waals surface area contributed by atoms with Crippen LogP contribution in [0.25, 0.3) is 0 Å². The van der Waals surface area contributed by atoms with E-state index in [1.54, 1.807) is 0 Å². The molecule has 0 fully saturated rings. The number of carbonyl (C=O) groups excluding carboxylic acids is 2. The summed E-state index contributed by atoms with van der Waals surface area (Å²) < 4.78 is 0. The Balaban J connectivity index is 2.52. The topological polar surface area (TPSA) is 161 Å². The number of guanidine groups is 1. The van der Waals surface area contributed by atoms with E-state index in [1.165, 1.54) is 19.3 Å². The molecule has 0 aliphatic heterocycles. The lowest BCUT2D eigenvalue weighted by atomic mass is 10.0. The highest BCUT2D eigenvalue weighted by atomic mass is 16.2. The highest BCUT2D eigenvalue weighted by Gasteiger charge is 2.23. The number of nitrogens with one attached hydrogen (secondary N) is 3. The van der Waals surface area contributed by atoms with E-state index >= 15 is 0 Å². The quantitative estimate of drug-likeness (QED) is 0.115. The Bertz CT molecular complexity index is 678. The highest BCUT2D eigenvalue weighted by molar-refractivity contribution is 5.89. The van der Waals surface area contributed by atoms with Gasteiger partial charge in [-0.1, -0.05) is 50.1 Å². The van der Waals surface area contributed by atoms with Gasteiger partial charge in [-0.25, -0.2) is 0 Å². The Morgan fingerprint density at radius 3 is 2.38 bits per heavy atom. The third kappa shape index (κ3) is 12.9. The molecule has 1 aromatic rings. The van der Waals surface area contributed by atoms with Crippen molar-refractivity contribution in [3.05, 3.63) is 35.9 Å². The second-order valence-electron chi connectivity index (χ2n) is 7.91. The van der Waals surface area contributed by atoms with E-state index in [4.69, 9.17) is 17.2 Å². The second-order valence-corrected chi connectivity index (χ2v) is 7.91. The predicted molar refractivity (Wildman–Crippen MR) is 130 cm³/mol. The summed E-state index contributed by atoms with van der Waals surface area (Å²) in [6.07, 6.45) is 5.81. The first-order chi connectivity index (χ1) is 15.4. The maximum absolute atomic E-state index is 12.8. The molecule has 2 unspecified atom stereocenters. The molecule has 0 spiro atoms. The fourth-order valence-corrected chi connectivity index (χ4v) is 3.16. The molecule has 0 radical (unpaired) electrons. The van der Waals surface area contributed by atoms with E-state index < -0.39 is 12.1 Å². The van der Waals surface area contributed by atoms with Crippen molar-refractivity contribution in [2.45, 2.75) is 64.0 Å². The van der Waals surface area contributed by atoms with Gasteiger partial charge in [-0.05, 0) is 44.3 Å². The monoisotopic (exact) mass is 447 g/mol. The van der Waals surface area contributed by atoms with Gasteiger partial charge in [0, 0.05) is 19.5 Å². The van der Waals surface area contributed by atoms with Crippen molar-refractivity contribution in [2.75, 3.05) is 26.2 Å². The number of nitrogens with two attached hydrogens (primary N) is 3. The zero-order valence-corrected chi connectivity index (χ0v) is 19.3. The number of aliphatic imine (C=N–C) groups is 1. The molecule has 9 nitrogen and oxygen atoms in total. The van der Waals surface area contributed by atoms with Gasteiger partial charge in [-0.15, -0.1) is 0 Å². The fraction of sp³-hybridized carbons (Fsp3) is 0.609. The minimum absolute atomic E-state index is 0.0128. The van der Waals surface area contributed by atoms with Crippen LogP contribution >= 0.6 is 0 Å². The summed E-state index contributed by atoms with van der Waals surface area (Å²) in [6, 6.07) is 8.17. The number of hydrogen-bond acceptors (Lipinski definition) is 5. The number of carbonyl (C=O) groups is 2. The molecule has 32 heavy (non-hydrogen) atoms. The van der Waals surface area contributed by atoms with Crippen LogP contribution < -0.4 is 33.2 Å². The summed E-state index contributed by atoms with van der Waals surface area (Å²) >= 11 is 0. The normalized spacial score (nSPS) is 12.6. The third-order valence-corrected chi connectivity index (χ3v) is 5.01. The molecule has 0 saturated carbocycles. The summed E-state index contributed by atoms with van der Waals surface area (Å²) in [7, 11) is 0. The van der Waals surface area contributed by atoms with Gasteiger partial charge < -0.3 is 33.2 Å². The lowest BCUT2D eigenvalue weighted by molar-refractivity contribution is -0.129. The van der Waals surface area contributed by atoms with E-state index in [9.17, 15) is 9.59 Å². The standard InChI is InChI=1S/C23H41N7O2/c1-2-3-7-13-27-14-9-16-28-22(32)20(17-18-10-5-4-6-11-18)30-21(31)19(24)12-8-15-29-23(25)26/h4-6,10-11,19-20,27H,2-3,7-9,12-17,24H2,1H3,(H,28,32)(H,30,31)(H4,25,26,29). The number of hydrogen-bond donors (Lipinski definition) is 6. The van der Waals surface area contributed by atoms with Crippen LogP contribution in [-0.2, 0) is 16.0 Å². The van der Waals surface area contributed by atoms with Crippen molar-refractivity contribution in [1.29, 1.82) is 0 Å². The van der Waals surface area contributed by atoms with Gasteiger partial charge in [0.05, 0.1) is 6.04 Å². The van der Waals surface area contributed by atoms with Crippen molar-refractivity contribution in [3.8, 4) is 0 Å². The van der Waals surface area contributed by atoms with Gasteiger partial charge in [0.2, 0.25) is 11.8 Å². The van der Waals surface area contributed by atoms with Crippen molar-refractivity contribution in [1.82, 2.24) is 16.0 Å². The fourth-order valence-electron chi connectivity index (χ4n) is 3.16. The van der Waals surface area contributed by atoms with Crippen LogP contribution in [0.4, 0.5) is 0 Å². The van der Waals surface area contributed by atoms with Gasteiger partial charge in [0.25, 0.3) is 0 Å². The molecule has 9 N–H and O–H groups in total. The Morgan fingerprint density at radius 1 is 0.969 bits per heavy atom. The lowest BCUT2D eigenvalue weighted by Gasteiger charge is -2.21. The van der Waals surface area contributed by atoms with E-state index in [0.717, 1.165) is 25.1 Å². The number of amides is 2. The molecule has 0 heterocycles. The smallest absolute Gasteiger partial charge is 0.242 e. The molecule has 0 bridgehead atoms. The second kappa shape index (κ2) is 17.0. The summed E-state index contributed by atoms with van der Waals surface area (Å²) in [6.45, 7) is 4.98. The molecule has 0 aliphatic rings. The van der Waals surface area contributed by atoms with Crippen LogP contribution in [0.5, 0.6) is 0 Å². The maximum atomic E-state index is 12.8. The first-order valence-electron chi connectivity index (χ1n) is 11.6. The molecular formula is C23H41N7O2. The largest absolute Gasteiger partial charge is 0.370 e. The molecule has 2 amide bonds. The molecule has 2 atom stereocenters. The summed E-state index contributed by atoms with van der Waals surface area (Å²) in [4.78, 5) is 29.2. The SMILES string of the molecule is CCCCCNCCCNC(=O)C(Cc1ccccc1)NC(=O)C(N)CCCN=C(N)N. The molecule has 0 aliphatic carbocycles. The van der Waals surface area contributed by atoms with Crippen LogP contribution in [0.15, 0.2) is 35.3 Å². The number of unbranched alkanes of at least 4 members (excludes halogenated alkanes) is 2. The average molecular weight is 448 g/mol. The minimum atomic E-state index is -0.734. The first kappa shape index (κ1) is 27.4. The van der Waals surface area contributed by atoms with Crippen LogP contribution in [0.3, 0.4) is 0 Å². The van der Waals surface area contributed by atoms with Crippen molar-refractivity contribution in [2.24, 2.45) is 22.2 Å². The van der Waals surface area contributed by atoms with Gasteiger partial charge in [0.1, 0.15) is 6.04 Å². The number of benzene rings is 1. The van der Waals surface area contributed by atoms with Crippen LogP contribution in [0.1, 0.15) is 51.0 Å². The van der Waals surface area contributed by atoms with E-state index in [2.05, 4.69) is 27.9 Å². The molecule has 0 aromatic heterocycles. The third-order valence-electron chi connectivity index (χ3n) is 5.01. The molecule has 180 valence electrons. The molecule has 1 rings (SSSR count). The summed E-state index contributed by atoms with van der Waals surface area (Å²) in [5.74, 6) is -0.553. The van der Waals surface area contributed by atoms with Crippen molar-refractivity contribution >= 4 is 17.8 Å². The van der Waals surface area contributed by atoms with Crippen molar-refractivity contribution < 1.29 is 9.59 Å². The predicted octanol–water partition coefficient (Wildman–Crippen LogP) is 0.381. The maximum Gasteiger partial charge on any atom is 0.242 e. The van der Waals surface area contributed by atoms with Crippen LogP contribution in [-0.4, -0.2) is 56.0 Å². The summed E-state index contributed by atoms with van der Waals surface area (Å²) in [5.41, 5.74) is 17.6. The summed E-state index contributed by atoms with van der Waals surface area (Å²) in [5, 5.41) is 9.13. The zero-order valence-electron chi connectivity index (χ0n) is 19.3. The minimum Gasteiger partial charge on any atom is -0.370 e. The van der Waals surface area contributed by atoms with Gasteiger partial charge >= 0.3 is 0 Å². The Kier molecular flexibility index (Phi) is 14.5. The highest BCUT2D eigenvalue weighted by Crippen LogP contribution is 2.05. The molecule has 0 saturated heterocycles. The van der Waals surface area contributed by atoms with Crippen LogP contribution in [0, 0.1) is 0 Å². The molecule has 1 aromatic carbocycles. The Labute approximate surface area is 192 Å². The number of nitrogens with zero attached hydrogens (tertiary/aromatic N) is 1. The molecule has 9 heteroatoms. The van der Waals surface area contributed by atoms with Crippen molar-refractivity contribution in [3.63, 3.8) is 0 Å². The lowest BCUT2D eigenvalue weighted by Crippen LogP contribution is -2.52. The van der Waals surface area contributed by atoms with E-state index in [0.29, 0.717) is 32.4 Å². The zero-order chi connectivity index (χ0) is 23.6. The van der Waals surface area contributed by atoms with E-state index in [-0.39, 0.29) is 17.8 Å². The number of rotatable bonds is 17. The van der Waals surface area contributed by atoms with Gasteiger partial charge in [-0.3, -0.25) is 14.6 Å². The molecular weight excluding hydrogens is 406 g/mol. The Hall–Kier alpha value is -2.65. The van der Waals surface area contributed by atoms with E-state index in [1.807, 2.05) is 30.3 Å². The van der Waals surface area contributed by atoms with Gasteiger partial charge in [-0.2, -0.15) is 0 Å². The average Bonchev–Trinajstić information content (AvgIpc) is 2.78. The van der Waals surface area contributed by atoms with Crippen LogP contribution in [0.2, 0.25) is 0 Å².